The van der Waals surface area contributed by atoms with Gasteiger partial charge in [0.25, 0.3) is 0 Å². The molecule has 4 nitrogen and oxygen atoms in total. The molecule has 0 amide bonds. The third-order valence-corrected chi connectivity index (χ3v) is 8.69. The smallest absolute Gasteiger partial charge is 0.131 e. The molecule has 8 rings (SSSR count). The summed E-state index contributed by atoms with van der Waals surface area (Å²) in [4.78, 5) is 9.38. The first-order chi connectivity index (χ1) is 22.8. The van der Waals surface area contributed by atoms with Crippen LogP contribution in [0.25, 0.3) is 44.2 Å². The van der Waals surface area contributed by atoms with Crippen LogP contribution in [0, 0.1) is 0 Å². The van der Waals surface area contributed by atoms with Crippen molar-refractivity contribution in [1.82, 2.24) is 15.6 Å². The quantitative estimate of drug-likeness (QED) is 0.202. The summed E-state index contributed by atoms with van der Waals surface area (Å²) in [7, 11) is 0. The maximum atomic E-state index is 5.11. The van der Waals surface area contributed by atoms with Crippen LogP contribution < -0.4 is 10.6 Å². The maximum absolute atomic E-state index is 5.11. The van der Waals surface area contributed by atoms with E-state index in [0.29, 0.717) is 0 Å². The molecular formula is C42H32N4. The zero-order valence-electron chi connectivity index (χ0n) is 25.2. The van der Waals surface area contributed by atoms with Gasteiger partial charge >= 0.3 is 0 Å². The molecule has 7 aromatic rings. The van der Waals surface area contributed by atoms with Gasteiger partial charge in [-0.1, -0.05) is 152 Å². The summed E-state index contributed by atoms with van der Waals surface area (Å²) in [5.74, 6) is 0.886. The molecule has 220 valence electrons. The highest BCUT2D eigenvalue weighted by atomic mass is 15.3. The first kappa shape index (κ1) is 27.7. The van der Waals surface area contributed by atoms with Gasteiger partial charge in [0.1, 0.15) is 18.2 Å². The minimum Gasteiger partial charge on any atom is -0.350 e. The molecule has 46 heavy (non-hydrogen) atoms. The highest BCUT2D eigenvalue weighted by molar-refractivity contribution is 6.04. The predicted octanol–water partition coefficient (Wildman–Crippen LogP) is 9.57. The third-order valence-electron chi connectivity index (χ3n) is 8.69. The largest absolute Gasteiger partial charge is 0.350 e. The standard InChI is InChI=1S/C42H32N4/c1-3-10-32(11-4-1)40-44-41(33-12-5-2-6-13-33)46-42(45-40)34-25-23-31(24-26-34)37-16-8-17-38-36(15-7-18-39(37)38)30-21-19-29(20-22-30)35-14-9-27-43-28-35/h1-28,40,42,45H,(H,44,46). The second kappa shape index (κ2) is 12.3. The molecule has 0 spiro atoms. The van der Waals surface area contributed by atoms with Crippen LogP contribution >= 0.6 is 0 Å². The molecule has 2 heterocycles. The lowest BCUT2D eigenvalue weighted by Gasteiger charge is -2.32. The highest BCUT2D eigenvalue weighted by Gasteiger charge is 2.25. The molecule has 2 unspecified atom stereocenters. The number of aliphatic imine (C=N–C) groups is 1. The molecule has 0 aliphatic carbocycles. The number of hydrogen-bond acceptors (Lipinski definition) is 4. The van der Waals surface area contributed by atoms with Gasteiger partial charge in [-0.25, -0.2) is 4.99 Å². The molecule has 0 saturated carbocycles. The van der Waals surface area contributed by atoms with Gasteiger partial charge in [0, 0.05) is 18.0 Å². The van der Waals surface area contributed by atoms with Crippen molar-refractivity contribution in [3.8, 4) is 33.4 Å². The fourth-order valence-corrected chi connectivity index (χ4v) is 6.32. The Morgan fingerprint density at radius 3 is 1.65 bits per heavy atom. The molecule has 2 atom stereocenters. The third kappa shape index (κ3) is 5.47. The number of amidine groups is 1. The average molecular weight is 593 g/mol. The Balaban J connectivity index is 1.11. The summed E-state index contributed by atoms with van der Waals surface area (Å²) in [5.41, 5.74) is 10.5. The predicted molar refractivity (Wildman–Crippen MR) is 189 cm³/mol. The first-order valence-electron chi connectivity index (χ1n) is 15.6. The van der Waals surface area contributed by atoms with Crippen molar-refractivity contribution >= 4 is 16.6 Å². The lowest BCUT2D eigenvalue weighted by Crippen LogP contribution is -2.44. The van der Waals surface area contributed by atoms with Crippen molar-refractivity contribution in [1.29, 1.82) is 0 Å². The zero-order valence-corrected chi connectivity index (χ0v) is 25.2. The number of hydrogen-bond donors (Lipinski definition) is 2. The molecule has 4 heteroatoms. The average Bonchev–Trinajstić information content (AvgIpc) is 3.15. The van der Waals surface area contributed by atoms with Crippen molar-refractivity contribution in [3.63, 3.8) is 0 Å². The van der Waals surface area contributed by atoms with Crippen molar-refractivity contribution in [3.05, 3.63) is 187 Å². The van der Waals surface area contributed by atoms with Crippen molar-refractivity contribution in [2.24, 2.45) is 4.99 Å². The van der Waals surface area contributed by atoms with E-state index in [1.165, 1.54) is 38.6 Å². The summed E-state index contributed by atoms with van der Waals surface area (Å²) >= 11 is 0. The van der Waals surface area contributed by atoms with Gasteiger partial charge in [-0.15, -0.1) is 0 Å². The molecule has 0 radical (unpaired) electrons. The molecule has 6 aromatic carbocycles. The Labute approximate surface area is 269 Å². The number of aromatic nitrogens is 1. The molecule has 1 aliphatic rings. The van der Waals surface area contributed by atoms with E-state index < -0.39 is 0 Å². The molecular weight excluding hydrogens is 560 g/mol. The SMILES string of the molecule is c1ccc(C2=NC(c3ccc(-c4cccc5c(-c6ccc(-c7cccnc7)cc6)cccc45)cc3)NC(c3ccccc3)N2)cc1. The Morgan fingerprint density at radius 1 is 0.435 bits per heavy atom. The summed E-state index contributed by atoms with van der Waals surface area (Å²) in [6, 6.07) is 55.7. The number of nitrogens with zero attached hydrogens (tertiary/aromatic N) is 2. The molecule has 0 bridgehead atoms. The van der Waals surface area contributed by atoms with Crippen LogP contribution in [0.2, 0.25) is 0 Å². The van der Waals surface area contributed by atoms with Crippen molar-refractivity contribution in [2.75, 3.05) is 0 Å². The van der Waals surface area contributed by atoms with E-state index in [2.05, 4.69) is 155 Å². The zero-order chi connectivity index (χ0) is 30.7. The van der Waals surface area contributed by atoms with Crippen LogP contribution in [0.5, 0.6) is 0 Å². The molecule has 0 saturated heterocycles. The van der Waals surface area contributed by atoms with E-state index >= 15 is 0 Å². The Bertz CT molecular complexity index is 2120. The van der Waals surface area contributed by atoms with Crippen LogP contribution in [-0.4, -0.2) is 10.8 Å². The topological polar surface area (TPSA) is 49.3 Å². The molecule has 1 aromatic heterocycles. The minimum atomic E-state index is -0.190. The minimum absolute atomic E-state index is 0.0616. The van der Waals surface area contributed by atoms with E-state index in [-0.39, 0.29) is 12.3 Å². The number of benzene rings is 6. The Hall–Kier alpha value is -5.84. The molecule has 1 aliphatic heterocycles. The second-order valence-corrected chi connectivity index (χ2v) is 11.5. The van der Waals surface area contributed by atoms with Gasteiger partial charge in [-0.2, -0.15) is 0 Å². The van der Waals surface area contributed by atoms with Crippen LogP contribution in [-0.2, 0) is 0 Å². The van der Waals surface area contributed by atoms with E-state index in [0.717, 1.165) is 28.1 Å². The van der Waals surface area contributed by atoms with E-state index in [1.807, 2.05) is 24.4 Å². The monoisotopic (exact) mass is 592 g/mol. The van der Waals surface area contributed by atoms with E-state index in [1.54, 1.807) is 6.20 Å². The van der Waals surface area contributed by atoms with Crippen molar-refractivity contribution < 1.29 is 0 Å². The second-order valence-electron chi connectivity index (χ2n) is 11.5. The number of rotatable bonds is 6. The number of pyridine rings is 1. The molecule has 0 fully saturated rings. The van der Waals surface area contributed by atoms with Crippen LogP contribution in [0.15, 0.2) is 175 Å². The van der Waals surface area contributed by atoms with E-state index in [9.17, 15) is 0 Å². The van der Waals surface area contributed by atoms with Gasteiger partial charge in [-0.3, -0.25) is 10.3 Å². The summed E-state index contributed by atoms with van der Waals surface area (Å²) in [5, 5.41) is 9.79. The van der Waals surface area contributed by atoms with Gasteiger partial charge in [0.2, 0.25) is 0 Å². The first-order valence-corrected chi connectivity index (χ1v) is 15.6. The summed E-state index contributed by atoms with van der Waals surface area (Å²) in [6.07, 6.45) is 3.46. The van der Waals surface area contributed by atoms with Gasteiger partial charge in [0.05, 0.1) is 0 Å². The van der Waals surface area contributed by atoms with Crippen LogP contribution in [0.1, 0.15) is 29.0 Å². The van der Waals surface area contributed by atoms with Gasteiger partial charge < -0.3 is 5.32 Å². The Kier molecular flexibility index (Phi) is 7.39. The molecule has 2 N–H and O–H groups in total. The number of fused-ring (bicyclic) bond motifs is 1. The van der Waals surface area contributed by atoms with E-state index in [4.69, 9.17) is 4.99 Å². The highest BCUT2D eigenvalue weighted by Crippen LogP contribution is 2.36. The summed E-state index contributed by atoms with van der Waals surface area (Å²) < 4.78 is 0. The normalized spacial score (nSPS) is 16.0. The lowest BCUT2D eigenvalue weighted by atomic mass is 9.92. The summed E-state index contributed by atoms with van der Waals surface area (Å²) in [6.45, 7) is 0. The van der Waals surface area contributed by atoms with Crippen molar-refractivity contribution in [2.45, 2.75) is 12.3 Å². The number of nitrogens with one attached hydrogen (secondary N) is 2. The van der Waals surface area contributed by atoms with Crippen LogP contribution in [0.3, 0.4) is 0 Å². The fourth-order valence-electron chi connectivity index (χ4n) is 6.32. The Morgan fingerprint density at radius 2 is 1.02 bits per heavy atom. The van der Waals surface area contributed by atoms with Gasteiger partial charge in [0.15, 0.2) is 0 Å². The lowest BCUT2D eigenvalue weighted by molar-refractivity contribution is 0.409. The van der Waals surface area contributed by atoms with Gasteiger partial charge in [-0.05, 0) is 61.3 Å². The van der Waals surface area contributed by atoms with Crippen LogP contribution in [0.4, 0.5) is 0 Å². The fraction of sp³-hybridized carbons (Fsp3) is 0.0476. The maximum Gasteiger partial charge on any atom is 0.131 e.